The molecule has 3 rings (SSSR count). The van der Waals surface area contributed by atoms with Crippen molar-refractivity contribution in [2.45, 2.75) is 25.7 Å². The number of H-pyrrole nitrogens is 1. The molecular formula is C18H20N4O4. The topological polar surface area (TPSA) is 118 Å². The van der Waals surface area contributed by atoms with E-state index < -0.39 is 11.9 Å². The van der Waals surface area contributed by atoms with E-state index in [0.717, 1.165) is 18.5 Å². The Kier molecular flexibility index (Phi) is 5.01. The van der Waals surface area contributed by atoms with Gasteiger partial charge in [0.2, 0.25) is 0 Å². The molecule has 0 saturated carbocycles. The molecule has 0 atom stereocenters. The third kappa shape index (κ3) is 3.90. The Morgan fingerprint density at radius 2 is 1.85 bits per heavy atom. The summed E-state index contributed by atoms with van der Waals surface area (Å²) in [6.07, 6.45) is 1.55. The molecule has 0 spiro atoms. The van der Waals surface area contributed by atoms with Crippen LogP contribution in [0.3, 0.4) is 0 Å². The van der Waals surface area contributed by atoms with Gasteiger partial charge in [-0.15, -0.1) is 0 Å². The highest BCUT2D eigenvalue weighted by molar-refractivity contribution is 5.94. The van der Waals surface area contributed by atoms with Gasteiger partial charge in [0.15, 0.2) is 0 Å². The molecule has 0 radical (unpaired) electrons. The van der Waals surface area contributed by atoms with Crippen LogP contribution in [0, 0.1) is 0 Å². The van der Waals surface area contributed by atoms with E-state index in [2.05, 4.69) is 10.2 Å². The number of hydrogen-bond acceptors (Lipinski definition) is 5. The van der Waals surface area contributed by atoms with Gasteiger partial charge in [0.05, 0.1) is 0 Å². The van der Waals surface area contributed by atoms with Crippen molar-refractivity contribution < 1.29 is 19.1 Å². The van der Waals surface area contributed by atoms with Crippen molar-refractivity contribution in [3.05, 3.63) is 47.3 Å². The number of carbonyl (C=O) groups excluding carboxylic acids is 3. The van der Waals surface area contributed by atoms with E-state index in [0.29, 0.717) is 24.4 Å². The second kappa shape index (κ2) is 7.38. The molecule has 8 heteroatoms. The Morgan fingerprint density at radius 3 is 2.38 bits per heavy atom. The number of rotatable bonds is 4. The molecule has 136 valence electrons. The quantitative estimate of drug-likeness (QED) is 0.635. The molecule has 1 aromatic carbocycles. The van der Waals surface area contributed by atoms with Crippen LogP contribution >= 0.6 is 0 Å². The van der Waals surface area contributed by atoms with Crippen LogP contribution in [0.15, 0.2) is 30.3 Å². The van der Waals surface area contributed by atoms with Crippen molar-refractivity contribution in [3.63, 3.8) is 0 Å². The van der Waals surface area contributed by atoms with Crippen molar-refractivity contribution in [2.75, 3.05) is 13.1 Å². The fourth-order valence-corrected chi connectivity index (χ4v) is 3.08. The first-order valence-corrected chi connectivity index (χ1v) is 8.37. The van der Waals surface area contributed by atoms with E-state index in [4.69, 9.17) is 10.5 Å². The van der Waals surface area contributed by atoms with Crippen molar-refractivity contribution >= 4 is 17.8 Å². The first kappa shape index (κ1) is 17.7. The maximum atomic E-state index is 12.6. The highest BCUT2D eigenvalue weighted by Gasteiger charge is 2.26. The number of piperidine rings is 1. The summed E-state index contributed by atoms with van der Waals surface area (Å²) in [5.41, 5.74) is 6.87. The molecule has 1 aliphatic heterocycles. The van der Waals surface area contributed by atoms with Gasteiger partial charge in [-0.3, -0.25) is 19.5 Å². The van der Waals surface area contributed by atoms with E-state index in [1.807, 2.05) is 0 Å². The van der Waals surface area contributed by atoms with Crippen molar-refractivity contribution in [1.82, 2.24) is 15.1 Å². The summed E-state index contributed by atoms with van der Waals surface area (Å²) in [5, 5.41) is 6.76. The largest absolute Gasteiger partial charge is 0.427 e. The lowest BCUT2D eigenvalue weighted by Crippen LogP contribution is -2.38. The molecule has 0 unspecified atom stereocenters. The van der Waals surface area contributed by atoms with E-state index in [-0.39, 0.29) is 17.5 Å². The molecule has 0 bridgehead atoms. The number of aromatic amines is 1. The molecule has 26 heavy (non-hydrogen) atoms. The standard InChI is InChI=1S/C18H20N4O4/c1-11(23)26-14-4-2-13(3-5-14)18(25)22-8-6-12(7-9-22)15-10-16(17(19)24)21-20-15/h2-5,10,12H,6-9H2,1H3,(H2,19,24)(H,20,21). The Morgan fingerprint density at radius 1 is 1.19 bits per heavy atom. The van der Waals surface area contributed by atoms with Crippen LogP contribution in [0.2, 0.25) is 0 Å². The first-order valence-electron chi connectivity index (χ1n) is 8.37. The van der Waals surface area contributed by atoms with E-state index in [1.54, 1.807) is 35.2 Å². The number of amides is 2. The number of nitrogens with two attached hydrogens (primary N) is 1. The van der Waals surface area contributed by atoms with Gasteiger partial charge in [-0.2, -0.15) is 5.10 Å². The van der Waals surface area contributed by atoms with Crippen LogP contribution in [0.4, 0.5) is 0 Å². The average molecular weight is 356 g/mol. The normalized spacial score (nSPS) is 14.9. The summed E-state index contributed by atoms with van der Waals surface area (Å²) in [7, 11) is 0. The maximum absolute atomic E-state index is 12.6. The molecule has 2 amide bonds. The Hall–Kier alpha value is -3.16. The third-order valence-electron chi connectivity index (χ3n) is 4.43. The molecule has 1 fully saturated rings. The fourth-order valence-electron chi connectivity index (χ4n) is 3.08. The summed E-state index contributed by atoms with van der Waals surface area (Å²) in [4.78, 5) is 36.5. The summed E-state index contributed by atoms with van der Waals surface area (Å²) in [6, 6.07) is 8.20. The van der Waals surface area contributed by atoms with Crippen LogP contribution in [0.1, 0.15) is 52.2 Å². The molecule has 3 N–H and O–H groups in total. The van der Waals surface area contributed by atoms with E-state index in [1.165, 1.54) is 6.92 Å². The van der Waals surface area contributed by atoms with Gasteiger partial charge in [0.25, 0.3) is 11.8 Å². The number of nitrogens with zero attached hydrogens (tertiary/aromatic N) is 2. The SMILES string of the molecule is CC(=O)Oc1ccc(C(=O)N2CCC(c3cc(C(N)=O)n[nH]3)CC2)cc1. The Balaban J connectivity index is 1.59. The summed E-state index contributed by atoms with van der Waals surface area (Å²) < 4.78 is 4.97. The van der Waals surface area contributed by atoms with Crippen LogP contribution in [0.5, 0.6) is 5.75 Å². The number of benzene rings is 1. The predicted octanol–water partition coefficient (Wildman–Crippen LogP) is 1.45. The molecule has 2 aromatic rings. The van der Waals surface area contributed by atoms with Crippen LogP contribution < -0.4 is 10.5 Å². The number of likely N-dealkylation sites (tertiary alicyclic amines) is 1. The van der Waals surface area contributed by atoms with E-state index >= 15 is 0 Å². The minimum Gasteiger partial charge on any atom is -0.427 e. The van der Waals surface area contributed by atoms with Gasteiger partial charge in [-0.1, -0.05) is 0 Å². The number of aromatic nitrogens is 2. The lowest BCUT2D eigenvalue weighted by atomic mass is 9.93. The van der Waals surface area contributed by atoms with Crippen LogP contribution in [0.25, 0.3) is 0 Å². The molecule has 1 saturated heterocycles. The molecule has 1 aromatic heterocycles. The number of hydrogen-bond donors (Lipinski definition) is 2. The molecule has 1 aliphatic rings. The number of nitrogens with one attached hydrogen (secondary N) is 1. The molecule has 0 aliphatic carbocycles. The number of esters is 1. The number of carbonyl (C=O) groups is 3. The average Bonchev–Trinajstić information content (AvgIpc) is 3.12. The van der Waals surface area contributed by atoms with E-state index in [9.17, 15) is 14.4 Å². The minimum atomic E-state index is -0.558. The van der Waals surface area contributed by atoms with Gasteiger partial charge in [-0.05, 0) is 43.2 Å². The molecule has 8 nitrogen and oxygen atoms in total. The third-order valence-corrected chi connectivity index (χ3v) is 4.43. The van der Waals surface area contributed by atoms with Gasteiger partial charge < -0.3 is 15.4 Å². The summed E-state index contributed by atoms with van der Waals surface area (Å²) in [5.74, 6) is -0.384. The minimum absolute atomic E-state index is 0.0553. The zero-order valence-electron chi connectivity index (χ0n) is 14.4. The van der Waals surface area contributed by atoms with Gasteiger partial charge in [-0.25, -0.2) is 0 Å². The second-order valence-electron chi connectivity index (χ2n) is 6.26. The van der Waals surface area contributed by atoms with Crippen LogP contribution in [-0.2, 0) is 4.79 Å². The molecule has 2 heterocycles. The zero-order valence-corrected chi connectivity index (χ0v) is 14.4. The van der Waals surface area contributed by atoms with Gasteiger partial charge >= 0.3 is 5.97 Å². The highest BCUT2D eigenvalue weighted by Crippen LogP contribution is 2.28. The monoisotopic (exact) mass is 356 g/mol. The highest BCUT2D eigenvalue weighted by atomic mass is 16.5. The molecular weight excluding hydrogens is 336 g/mol. The lowest BCUT2D eigenvalue weighted by molar-refractivity contribution is -0.131. The Labute approximate surface area is 150 Å². The Bertz CT molecular complexity index is 820. The first-order chi connectivity index (χ1) is 12.4. The van der Waals surface area contributed by atoms with Crippen molar-refractivity contribution in [1.29, 1.82) is 0 Å². The van der Waals surface area contributed by atoms with Crippen molar-refractivity contribution in [3.8, 4) is 5.75 Å². The lowest BCUT2D eigenvalue weighted by Gasteiger charge is -2.31. The number of primary amides is 1. The second-order valence-corrected chi connectivity index (χ2v) is 6.26. The maximum Gasteiger partial charge on any atom is 0.308 e. The predicted molar refractivity (Wildman–Crippen MR) is 92.7 cm³/mol. The van der Waals surface area contributed by atoms with Gasteiger partial charge in [0.1, 0.15) is 11.4 Å². The number of ether oxygens (including phenoxy) is 1. The summed E-state index contributed by atoms with van der Waals surface area (Å²) in [6.45, 7) is 2.55. The van der Waals surface area contributed by atoms with Crippen LogP contribution in [-0.4, -0.2) is 46.0 Å². The fraction of sp³-hybridized carbons (Fsp3) is 0.333. The smallest absolute Gasteiger partial charge is 0.308 e. The van der Waals surface area contributed by atoms with Gasteiger partial charge in [0, 0.05) is 37.2 Å². The summed E-state index contributed by atoms with van der Waals surface area (Å²) >= 11 is 0. The van der Waals surface area contributed by atoms with Crippen molar-refractivity contribution in [2.24, 2.45) is 5.73 Å². The zero-order chi connectivity index (χ0) is 18.7.